The lowest BCUT2D eigenvalue weighted by molar-refractivity contribution is 0.211. The second-order valence-corrected chi connectivity index (χ2v) is 5.62. The zero-order valence-corrected chi connectivity index (χ0v) is 12.1. The van der Waals surface area contributed by atoms with E-state index in [4.69, 9.17) is 16.0 Å². The standard InChI is InChI=1S/C14H13ClN2O2S/c15-7-10(18)8-16-9-3-4-12-11(6-9)17-14(19-12)13-2-1-5-20-13/h1-6,10,16,18H,7-8H2. The Bertz CT molecular complexity index is 696. The fourth-order valence-electron chi connectivity index (χ4n) is 1.83. The minimum Gasteiger partial charge on any atom is -0.435 e. The Morgan fingerprint density at radius 2 is 2.30 bits per heavy atom. The normalized spacial score (nSPS) is 12.7. The third kappa shape index (κ3) is 2.80. The number of halogens is 1. The molecule has 4 nitrogen and oxygen atoms in total. The summed E-state index contributed by atoms with van der Waals surface area (Å²) < 4.78 is 5.72. The number of anilines is 1. The van der Waals surface area contributed by atoms with Crippen molar-refractivity contribution in [1.82, 2.24) is 4.98 Å². The molecule has 0 saturated carbocycles. The number of fused-ring (bicyclic) bond motifs is 1. The molecule has 0 amide bonds. The minimum absolute atomic E-state index is 0.210. The molecular formula is C14H13ClN2O2S. The Kier molecular flexibility index (Phi) is 3.91. The molecule has 2 aromatic heterocycles. The highest BCUT2D eigenvalue weighted by Gasteiger charge is 2.09. The zero-order valence-electron chi connectivity index (χ0n) is 10.5. The van der Waals surface area contributed by atoms with E-state index in [1.54, 1.807) is 11.3 Å². The Labute approximate surface area is 125 Å². The molecule has 3 aromatic rings. The van der Waals surface area contributed by atoms with Crippen molar-refractivity contribution in [3.63, 3.8) is 0 Å². The minimum atomic E-state index is -0.564. The van der Waals surface area contributed by atoms with Gasteiger partial charge in [-0.15, -0.1) is 22.9 Å². The maximum Gasteiger partial charge on any atom is 0.237 e. The molecule has 104 valence electrons. The van der Waals surface area contributed by atoms with E-state index in [-0.39, 0.29) is 5.88 Å². The van der Waals surface area contributed by atoms with Gasteiger partial charge in [0.2, 0.25) is 5.89 Å². The number of aromatic nitrogens is 1. The van der Waals surface area contributed by atoms with Crippen molar-refractivity contribution >= 4 is 39.7 Å². The van der Waals surface area contributed by atoms with Gasteiger partial charge in [-0.25, -0.2) is 4.98 Å². The molecular weight excluding hydrogens is 296 g/mol. The van der Waals surface area contributed by atoms with E-state index in [0.717, 1.165) is 21.7 Å². The smallest absolute Gasteiger partial charge is 0.237 e. The van der Waals surface area contributed by atoms with Crippen LogP contribution in [-0.2, 0) is 0 Å². The average molecular weight is 309 g/mol. The van der Waals surface area contributed by atoms with Crippen LogP contribution in [0, 0.1) is 0 Å². The van der Waals surface area contributed by atoms with E-state index in [9.17, 15) is 5.11 Å². The zero-order chi connectivity index (χ0) is 13.9. The van der Waals surface area contributed by atoms with Gasteiger partial charge in [0, 0.05) is 12.2 Å². The summed E-state index contributed by atoms with van der Waals surface area (Å²) in [4.78, 5) is 5.49. The Balaban J connectivity index is 1.84. The van der Waals surface area contributed by atoms with Gasteiger partial charge in [0.1, 0.15) is 5.52 Å². The summed E-state index contributed by atoms with van der Waals surface area (Å²) in [5, 5.41) is 14.5. The molecule has 3 rings (SSSR count). The van der Waals surface area contributed by atoms with Crippen molar-refractivity contribution in [3.05, 3.63) is 35.7 Å². The number of alkyl halides is 1. The van der Waals surface area contributed by atoms with Crippen molar-refractivity contribution in [3.8, 4) is 10.8 Å². The number of hydrogen-bond donors (Lipinski definition) is 2. The summed E-state index contributed by atoms with van der Waals surface area (Å²) in [5.41, 5.74) is 2.42. The maximum absolute atomic E-state index is 9.43. The van der Waals surface area contributed by atoms with E-state index >= 15 is 0 Å². The second-order valence-electron chi connectivity index (χ2n) is 4.37. The molecule has 0 spiro atoms. The number of oxazole rings is 1. The first kappa shape index (κ1) is 13.4. The number of rotatable bonds is 5. The molecule has 0 aliphatic rings. The molecule has 0 radical (unpaired) electrons. The number of nitrogens with one attached hydrogen (secondary N) is 1. The third-order valence-electron chi connectivity index (χ3n) is 2.84. The van der Waals surface area contributed by atoms with Crippen molar-refractivity contribution in [2.24, 2.45) is 0 Å². The molecule has 1 unspecified atom stereocenters. The predicted molar refractivity (Wildman–Crippen MR) is 82.5 cm³/mol. The molecule has 6 heteroatoms. The lowest BCUT2D eigenvalue weighted by atomic mass is 10.2. The molecule has 0 aliphatic carbocycles. The van der Waals surface area contributed by atoms with Gasteiger partial charge >= 0.3 is 0 Å². The number of aliphatic hydroxyl groups excluding tert-OH is 1. The van der Waals surface area contributed by atoms with Gasteiger partial charge in [-0.05, 0) is 29.6 Å². The van der Waals surface area contributed by atoms with Crippen LogP contribution in [-0.4, -0.2) is 28.6 Å². The highest BCUT2D eigenvalue weighted by molar-refractivity contribution is 7.13. The first-order valence-corrected chi connectivity index (χ1v) is 7.60. The van der Waals surface area contributed by atoms with Crippen LogP contribution >= 0.6 is 22.9 Å². The van der Waals surface area contributed by atoms with E-state index in [0.29, 0.717) is 12.4 Å². The van der Waals surface area contributed by atoms with Crippen molar-refractivity contribution in [2.75, 3.05) is 17.7 Å². The lowest BCUT2D eigenvalue weighted by Gasteiger charge is -2.09. The van der Waals surface area contributed by atoms with Crippen LogP contribution in [0.1, 0.15) is 0 Å². The van der Waals surface area contributed by atoms with E-state index in [1.165, 1.54) is 0 Å². The van der Waals surface area contributed by atoms with Crippen molar-refractivity contribution < 1.29 is 9.52 Å². The predicted octanol–water partition coefficient (Wildman–Crippen LogP) is 3.57. The van der Waals surface area contributed by atoms with Crippen LogP contribution in [0.3, 0.4) is 0 Å². The monoisotopic (exact) mass is 308 g/mol. The highest BCUT2D eigenvalue weighted by Crippen LogP contribution is 2.28. The van der Waals surface area contributed by atoms with Gasteiger partial charge in [0.15, 0.2) is 5.58 Å². The molecule has 0 fully saturated rings. The Morgan fingerprint density at radius 3 is 3.05 bits per heavy atom. The SMILES string of the molecule is OC(CCl)CNc1ccc2oc(-c3cccs3)nc2c1. The summed E-state index contributed by atoms with van der Waals surface area (Å²) in [7, 11) is 0. The molecule has 2 N–H and O–H groups in total. The quantitative estimate of drug-likeness (QED) is 0.708. The molecule has 2 heterocycles. The fourth-order valence-corrected chi connectivity index (χ4v) is 2.59. The first-order chi connectivity index (χ1) is 9.76. The number of benzene rings is 1. The van der Waals surface area contributed by atoms with Crippen LogP contribution in [0.4, 0.5) is 5.69 Å². The van der Waals surface area contributed by atoms with Crippen molar-refractivity contribution in [1.29, 1.82) is 0 Å². The molecule has 1 aromatic carbocycles. The molecule has 0 bridgehead atoms. The summed E-state index contributed by atoms with van der Waals surface area (Å²) in [5.74, 6) is 0.842. The molecule has 20 heavy (non-hydrogen) atoms. The largest absolute Gasteiger partial charge is 0.435 e. The lowest BCUT2D eigenvalue weighted by Crippen LogP contribution is -2.20. The van der Waals surface area contributed by atoms with E-state index < -0.39 is 6.10 Å². The van der Waals surface area contributed by atoms with Gasteiger partial charge in [-0.2, -0.15) is 0 Å². The fraction of sp³-hybridized carbons (Fsp3) is 0.214. The molecule has 1 atom stereocenters. The van der Waals surface area contributed by atoms with Crippen LogP contribution in [0.2, 0.25) is 0 Å². The third-order valence-corrected chi connectivity index (χ3v) is 4.05. The van der Waals surface area contributed by atoms with E-state index in [1.807, 2.05) is 35.7 Å². The topological polar surface area (TPSA) is 58.3 Å². The van der Waals surface area contributed by atoms with Crippen LogP contribution in [0.5, 0.6) is 0 Å². The maximum atomic E-state index is 9.43. The van der Waals surface area contributed by atoms with E-state index in [2.05, 4.69) is 10.3 Å². The van der Waals surface area contributed by atoms with Gasteiger partial charge in [0.05, 0.1) is 16.9 Å². The van der Waals surface area contributed by atoms with Gasteiger partial charge in [-0.3, -0.25) is 0 Å². The van der Waals surface area contributed by atoms with Gasteiger partial charge < -0.3 is 14.8 Å². The van der Waals surface area contributed by atoms with Gasteiger partial charge in [0.25, 0.3) is 0 Å². The summed E-state index contributed by atoms with van der Waals surface area (Å²) >= 11 is 7.15. The van der Waals surface area contributed by atoms with Crippen LogP contribution < -0.4 is 5.32 Å². The summed E-state index contributed by atoms with van der Waals surface area (Å²) in [6.07, 6.45) is -0.564. The van der Waals surface area contributed by atoms with Crippen LogP contribution in [0.15, 0.2) is 40.1 Å². The van der Waals surface area contributed by atoms with Gasteiger partial charge in [-0.1, -0.05) is 6.07 Å². The first-order valence-electron chi connectivity index (χ1n) is 6.18. The summed E-state index contributed by atoms with van der Waals surface area (Å²) in [6, 6.07) is 9.61. The number of aliphatic hydroxyl groups is 1. The second kappa shape index (κ2) is 5.83. The Hall–Kier alpha value is -1.56. The average Bonchev–Trinajstić information content (AvgIpc) is 3.12. The number of nitrogens with zero attached hydrogens (tertiary/aromatic N) is 1. The molecule has 0 saturated heterocycles. The molecule has 0 aliphatic heterocycles. The number of thiophene rings is 1. The Morgan fingerprint density at radius 1 is 1.40 bits per heavy atom. The number of hydrogen-bond acceptors (Lipinski definition) is 5. The van der Waals surface area contributed by atoms with Crippen LogP contribution in [0.25, 0.3) is 21.9 Å². The van der Waals surface area contributed by atoms with Crippen molar-refractivity contribution in [2.45, 2.75) is 6.10 Å². The highest BCUT2D eigenvalue weighted by atomic mass is 35.5. The summed E-state index contributed by atoms with van der Waals surface area (Å²) in [6.45, 7) is 0.407.